The first-order chi connectivity index (χ1) is 15.5. The molecule has 0 aliphatic rings. The number of phenolic OH excluding ortho intramolecular Hbond substituents is 2. The molecule has 0 saturated carbocycles. The Bertz CT molecular complexity index is 1350. The maximum atomic E-state index is 13.1. The summed E-state index contributed by atoms with van der Waals surface area (Å²) >= 11 is 0. The summed E-state index contributed by atoms with van der Waals surface area (Å²) in [6.45, 7) is 3.92. The number of hydrogen-bond donors (Lipinski definition) is 2. The zero-order valence-corrected chi connectivity index (χ0v) is 17.7. The van der Waals surface area contributed by atoms with E-state index in [1.54, 1.807) is 18.2 Å². The molecule has 162 valence electrons. The zero-order chi connectivity index (χ0) is 22.8. The largest absolute Gasteiger partial charge is 0.507 e. The molecule has 0 saturated heterocycles. The Morgan fingerprint density at radius 2 is 1.66 bits per heavy atom. The topological polar surface area (TPSA) is 89.1 Å². The molecule has 0 fully saturated rings. The van der Waals surface area contributed by atoms with Gasteiger partial charge in [-0.25, -0.2) is 0 Å². The molecule has 32 heavy (non-hydrogen) atoms. The average Bonchev–Trinajstić information content (AvgIpc) is 2.81. The summed E-state index contributed by atoms with van der Waals surface area (Å²) in [6.07, 6.45) is 1.63. The summed E-state index contributed by atoms with van der Waals surface area (Å²) in [5.41, 5.74) is 1.67. The first-order valence-corrected chi connectivity index (χ1v) is 9.91. The van der Waals surface area contributed by atoms with Crippen LogP contribution < -0.4 is 14.9 Å². The second-order valence-corrected chi connectivity index (χ2v) is 7.20. The van der Waals surface area contributed by atoms with E-state index in [0.29, 0.717) is 16.9 Å². The number of ether oxygens (including phenoxy) is 2. The molecule has 2 N–H and O–H groups in total. The predicted molar refractivity (Wildman–Crippen MR) is 123 cm³/mol. The van der Waals surface area contributed by atoms with Gasteiger partial charge < -0.3 is 24.1 Å². The fourth-order valence-electron chi connectivity index (χ4n) is 3.82. The lowest BCUT2D eigenvalue weighted by Gasteiger charge is -2.19. The molecule has 1 heterocycles. The van der Waals surface area contributed by atoms with Crippen molar-refractivity contribution in [3.63, 3.8) is 0 Å². The zero-order valence-electron chi connectivity index (χ0n) is 17.7. The number of hydrogen-bond acceptors (Lipinski definition) is 6. The third kappa shape index (κ3) is 3.56. The Hall–Kier alpha value is -4.19. The standard InChI is InChI=1S/C26H22O6/c1-4-17(16-10-11-18(27)22(12-16)30-2)24-19(28)14-23(31-3)25-20(29)13-21(32-26(24)25)15-8-6-5-7-9-15/h4-14,17,27-28H,1H2,2-3H3/t17-/m0/s1. The van der Waals surface area contributed by atoms with E-state index in [1.807, 2.05) is 30.3 Å². The monoisotopic (exact) mass is 430 g/mol. The molecule has 1 aromatic heterocycles. The van der Waals surface area contributed by atoms with Crippen LogP contribution in [0.15, 0.2) is 82.5 Å². The molecule has 0 bridgehead atoms. The van der Waals surface area contributed by atoms with Crippen molar-refractivity contribution in [1.82, 2.24) is 0 Å². The van der Waals surface area contributed by atoms with Crippen LogP contribution in [0.4, 0.5) is 0 Å². The maximum absolute atomic E-state index is 13.1. The summed E-state index contributed by atoms with van der Waals surface area (Å²) in [7, 11) is 2.88. The van der Waals surface area contributed by atoms with E-state index < -0.39 is 5.92 Å². The Labute approximate surface area is 184 Å². The van der Waals surface area contributed by atoms with Crippen LogP contribution in [0.1, 0.15) is 17.0 Å². The van der Waals surface area contributed by atoms with Gasteiger partial charge in [-0.3, -0.25) is 4.79 Å². The van der Waals surface area contributed by atoms with Gasteiger partial charge in [-0.05, 0) is 17.7 Å². The van der Waals surface area contributed by atoms with Crippen LogP contribution in [0, 0.1) is 0 Å². The fourth-order valence-corrected chi connectivity index (χ4v) is 3.82. The Balaban J connectivity index is 2.05. The second kappa shape index (κ2) is 8.51. The molecule has 3 aromatic carbocycles. The van der Waals surface area contributed by atoms with Gasteiger partial charge >= 0.3 is 0 Å². The maximum Gasteiger partial charge on any atom is 0.197 e. The van der Waals surface area contributed by atoms with Crippen molar-refractivity contribution < 1.29 is 24.1 Å². The molecule has 0 aliphatic carbocycles. The molecular weight excluding hydrogens is 408 g/mol. The SMILES string of the molecule is C=C[C@@H](c1ccc(O)c(OC)c1)c1c(O)cc(OC)c2c(=O)cc(-c3ccccc3)oc12. The van der Waals surface area contributed by atoms with Crippen molar-refractivity contribution in [2.45, 2.75) is 5.92 Å². The average molecular weight is 430 g/mol. The van der Waals surface area contributed by atoms with Crippen molar-refractivity contribution in [1.29, 1.82) is 0 Å². The predicted octanol–water partition coefficient (Wildman–Crippen LogP) is 5.21. The van der Waals surface area contributed by atoms with Crippen molar-refractivity contribution in [2.75, 3.05) is 14.2 Å². The van der Waals surface area contributed by atoms with E-state index in [4.69, 9.17) is 13.9 Å². The van der Waals surface area contributed by atoms with E-state index in [2.05, 4.69) is 6.58 Å². The molecular formula is C26H22O6. The van der Waals surface area contributed by atoms with E-state index in [-0.39, 0.29) is 39.4 Å². The van der Waals surface area contributed by atoms with Gasteiger partial charge in [-0.1, -0.05) is 42.5 Å². The molecule has 0 spiro atoms. The van der Waals surface area contributed by atoms with E-state index >= 15 is 0 Å². The van der Waals surface area contributed by atoms with Crippen molar-refractivity contribution in [2.24, 2.45) is 0 Å². The highest BCUT2D eigenvalue weighted by Crippen LogP contribution is 2.43. The van der Waals surface area contributed by atoms with Gasteiger partial charge in [0.15, 0.2) is 16.9 Å². The smallest absolute Gasteiger partial charge is 0.197 e. The van der Waals surface area contributed by atoms with Gasteiger partial charge in [0.05, 0.1) is 14.2 Å². The van der Waals surface area contributed by atoms with Crippen LogP contribution in [0.3, 0.4) is 0 Å². The number of aromatic hydroxyl groups is 2. The molecule has 4 rings (SSSR count). The van der Waals surface area contributed by atoms with Gasteiger partial charge in [-0.15, -0.1) is 6.58 Å². The lowest BCUT2D eigenvalue weighted by molar-refractivity contribution is 0.373. The van der Waals surface area contributed by atoms with E-state index in [0.717, 1.165) is 5.56 Å². The number of methoxy groups -OCH3 is 2. The molecule has 4 aromatic rings. The quantitative estimate of drug-likeness (QED) is 0.409. The highest BCUT2D eigenvalue weighted by atomic mass is 16.5. The van der Waals surface area contributed by atoms with Gasteiger partial charge in [0.2, 0.25) is 0 Å². The molecule has 0 unspecified atom stereocenters. The number of allylic oxidation sites excluding steroid dienone is 1. The second-order valence-electron chi connectivity index (χ2n) is 7.20. The van der Waals surface area contributed by atoms with Crippen molar-refractivity contribution in [3.05, 3.63) is 94.7 Å². The minimum Gasteiger partial charge on any atom is -0.507 e. The first-order valence-electron chi connectivity index (χ1n) is 9.91. The fraction of sp³-hybridized carbons (Fsp3) is 0.115. The molecule has 6 heteroatoms. The van der Waals surface area contributed by atoms with Crippen molar-refractivity contribution >= 4 is 11.0 Å². The van der Waals surface area contributed by atoms with Crippen LogP contribution in [0.25, 0.3) is 22.3 Å². The van der Waals surface area contributed by atoms with Gasteiger partial charge in [0.1, 0.15) is 28.2 Å². The summed E-state index contributed by atoms with van der Waals surface area (Å²) in [6, 6.07) is 16.9. The van der Waals surface area contributed by atoms with Gasteiger partial charge in [0.25, 0.3) is 0 Å². The number of phenols is 2. The molecule has 1 atom stereocenters. The lowest BCUT2D eigenvalue weighted by atomic mass is 9.88. The van der Waals surface area contributed by atoms with E-state index in [1.165, 1.54) is 32.4 Å². The summed E-state index contributed by atoms with van der Waals surface area (Å²) in [5, 5.41) is 21.1. The third-order valence-electron chi connectivity index (χ3n) is 5.37. The minimum absolute atomic E-state index is 0.0132. The van der Waals surface area contributed by atoms with Crippen LogP contribution >= 0.6 is 0 Å². The van der Waals surface area contributed by atoms with E-state index in [9.17, 15) is 15.0 Å². The lowest BCUT2D eigenvalue weighted by Crippen LogP contribution is -2.07. The number of fused-ring (bicyclic) bond motifs is 1. The number of rotatable bonds is 6. The highest BCUT2D eigenvalue weighted by Gasteiger charge is 2.25. The Kier molecular flexibility index (Phi) is 5.60. The number of benzene rings is 3. The van der Waals surface area contributed by atoms with Crippen molar-refractivity contribution in [3.8, 4) is 34.3 Å². The first kappa shape index (κ1) is 21.1. The summed E-state index contributed by atoms with van der Waals surface area (Å²) < 4.78 is 16.8. The summed E-state index contributed by atoms with van der Waals surface area (Å²) in [5.74, 6) is 0.161. The molecule has 6 nitrogen and oxygen atoms in total. The highest BCUT2D eigenvalue weighted by molar-refractivity contribution is 5.90. The van der Waals surface area contributed by atoms with Crippen LogP contribution in [0.2, 0.25) is 0 Å². The van der Waals surface area contributed by atoms with Crippen LogP contribution in [0.5, 0.6) is 23.0 Å². The molecule has 0 aliphatic heterocycles. The Morgan fingerprint density at radius 1 is 0.938 bits per heavy atom. The van der Waals surface area contributed by atoms with Crippen LogP contribution in [-0.2, 0) is 0 Å². The normalized spacial score (nSPS) is 11.8. The molecule has 0 amide bonds. The van der Waals surface area contributed by atoms with Gasteiger partial charge in [0, 0.05) is 29.2 Å². The van der Waals surface area contributed by atoms with Gasteiger partial charge in [-0.2, -0.15) is 0 Å². The minimum atomic E-state index is -0.563. The third-order valence-corrected chi connectivity index (χ3v) is 5.37. The Morgan fingerprint density at radius 3 is 2.31 bits per heavy atom. The summed E-state index contributed by atoms with van der Waals surface area (Å²) in [4.78, 5) is 13.1. The van der Waals surface area contributed by atoms with Crippen LogP contribution in [-0.4, -0.2) is 24.4 Å². The molecule has 0 radical (unpaired) electrons.